The van der Waals surface area contributed by atoms with Gasteiger partial charge in [0.15, 0.2) is 0 Å². The van der Waals surface area contributed by atoms with E-state index in [-0.39, 0.29) is 0 Å². The summed E-state index contributed by atoms with van der Waals surface area (Å²) in [5.74, 6) is 0. The van der Waals surface area contributed by atoms with Crippen LogP contribution in [-0.4, -0.2) is 26.7 Å². The topological polar surface area (TPSA) is 24.1 Å². The van der Waals surface area contributed by atoms with Crippen LogP contribution in [0.5, 0.6) is 0 Å². The van der Waals surface area contributed by atoms with Crippen LogP contribution in [0.4, 0.5) is 0 Å². The van der Waals surface area contributed by atoms with Crippen molar-refractivity contribution in [2.75, 3.05) is 26.7 Å². The van der Waals surface area contributed by atoms with Crippen molar-refractivity contribution in [3.05, 3.63) is 6.92 Å². The Kier molecular flexibility index (Phi) is 7.85. The normalized spacial score (nSPS) is 10.0. The van der Waals surface area contributed by atoms with Crippen molar-refractivity contribution >= 4 is 0 Å². The van der Waals surface area contributed by atoms with Gasteiger partial charge in [-0.3, -0.25) is 0 Å². The average molecular weight is 129 g/mol. The van der Waals surface area contributed by atoms with Gasteiger partial charge in [0.2, 0.25) is 0 Å². The lowest BCUT2D eigenvalue weighted by molar-refractivity contribution is 0.628. The third-order valence-corrected chi connectivity index (χ3v) is 1.16. The highest BCUT2D eigenvalue weighted by molar-refractivity contribution is 4.49. The molecule has 0 atom stereocenters. The molecule has 0 saturated carbocycles. The smallest absolute Gasteiger partial charge is 0.00766 e. The van der Waals surface area contributed by atoms with Crippen LogP contribution in [0.1, 0.15) is 12.8 Å². The predicted octanol–water partition coefficient (Wildman–Crippen LogP) is 0.410. The molecule has 9 heavy (non-hydrogen) atoms. The quantitative estimate of drug-likeness (QED) is 0.508. The van der Waals surface area contributed by atoms with E-state index in [1.54, 1.807) is 0 Å². The average Bonchev–Trinajstić information content (AvgIpc) is 1.89. The maximum Gasteiger partial charge on any atom is 0.00766 e. The molecule has 0 aliphatic rings. The maximum absolute atomic E-state index is 3.75. The van der Waals surface area contributed by atoms with Crippen molar-refractivity contribution in [3.63, 3.8) is 0 Å². The Morgan fingerprint density at radius 1 is 1.22 bits per heavy atom. The molecule has 0 fully saturated rings. The van der Waals surface area contributed by atoms with E-state index in [1.165, 1.54) is 6.42 Å². The van der Waals surface area contributed by atoms with Gasteiger partial charge in [0.25, 0.3) is 0 Å². The van der Waals surface area contributed by atoms with Gasteiger partial charge >= 0.3 is 0 Å². The van der Waals surface area contributed by atoms with E-state index in [2.05, 4.69) is 17.6 Å². The molecule has 2 N–H and O–H groups in total. The molecule has 0 aromatic heterocycles. The third-order valence-electron chi connectivity index (χ3n) is 1.16. The van der Waals surface area contributed by atoms with Gasteiger partial charge < -0.3 is 10.6 Å². The van der Waals surface area contributed by atoms with Crippen LogP contribution in [0.3, 0.4) is 0 Å². The van der Waals surface area contributed by atoms with Gasteiger partial charge in [-0.25, -0.2) is 0 Å². The number of hydrogen-bond donors (Lipinski definition) is 2. The van der Waals surface area contributed by atoms with E-state index < -0.39 is 0 Å². The number of rotatable bonds is 6. The zero-order valence-electron chi connectivity index (χ0n) is 6.24. The van der Waals surface area contributed by atoms with Crippen LogP contribution < -0.4 is 10.6 Å². The molecule has 1 radical (unpaired) electrons. The van der Waals surface area contributed by atoms with E-state index in [0.29, 0.717) is 0 Å². The molecule has 0 aliphatic carbocycles. The third kappa shape index (κ3) is 7.92. The summed E-state index contributed by atoms with van der Waals surface area (Å²) < 4.78 is 0. The van der Waals surface area contributed by atoms with Gasteiger partial charge in [-0.15, -0.1) is 0 Å². The van der Waals surface area contributed by atoms with Crippen LogP contribution in [0.25, 0.3) is 0 Å². The highest BCUT2D eigenvalue weighted by Crippen LogP contribution is 1.79. The molecular formula is C7H17N2. The zero-order valence-corrected chi connectivity index (χ0v) is 6.24. The summed E-state index contributed by atoms with van der Waals surface area (Å²) in [4.78, 5) is 0. The van der Waals surface area contributed by atoms with Crippen molar-refractivity contribution < 1.29 is 0 Å². The van der Waals surface area contributed by atoms with E-state index in [4.69, 9.17) is 0 Å². The van der Waals surface area contributed by atoms with E-state index in [0.717, 1.165) is 26.1 Å². The molecule has 0 aliphatic heterocycles. The molecule has 0 saturated heterocycles. The number of hydrogen-bond acceptors (Lipinski definition) is 2. The first-order valence-electron chi connectivity index (χ1n) is 3.56. The lowest BCUT2D eigenvalue weighted by atomic mass is 10.3. The molecule has 0 aromatic carbocycles. The largest absolute Gasteiger partial charge is 0.318 e. The second kappa shape index (κ2) is 7.92. The minimum Gasteiger partial charge on any atom is -0.318 e. The summed E-state index contributed by atoms with van der Waals surface area (Å²) in [5.41, 5.74) is 0. The lowest BCUT2D eigenvalue weighted by Gasteiger charge is -2.00. The van der Waals surface area contributed by atoms with Gasteiger partial charge in [-0.1, -0.05) is 13.3 Å². The van der Waals surface area contributed by atoms with Crippen molar-refractivity contribution in [2.24, 2.45) is 0 Å². The Morgan fingerprint density at radius 3 is 2.56 bits per heavy atom. The molecule has 2 heteroatoms. The van der Waals surface area contributed by atoms with Gasteiger partial charge in [-0.05, 0) is 20.0 Å². The summed E-state index contributed by atoms with van der Waals surface area (Å²) in [6, 6.07) is 0. The zero-order chi connectivity index (χ0) is 6.95. The second-order valence-corrected chi connectivity index (χ2v) is 2.06. The molecule has 0 bridgehead atoms. The second-order valence-electron chi connectivity index (χ2n) is 2.06. The molecular weight excluding hydrogens is 112 g/mol. The molecule has 0 heterocycles. The fraction of sp³-hybridized carbons (Fsp3) is 0.857. The molecule has 0 unspecified atom stereocenters. The van der Waals surface area contributed by atoms with Gasteiger partial charge in [0, 0.05) is 13.1 Å². The Bertz CT molecular complexity index is 40.2. The predicted molar refractivity (Wildman–Crippen MR) is 41.4 cm³/mol. The first-order valence-corrected chi connectivity index (χ1v) is 3.56. The first kappa shape index (κ1) is 8.92. The minimum atomic E-state index is 1.03. The highest BCUT2D eigenvalue weighted by atomic mass is 14.9. The van der Waals surface area contributed by atoms with Crippen LogP contribution in [0.15, 0.2) is 0 Å². The molecule has 0 rings (SSSR count). The highest BCUT2D eigenvalue weighted by Gasteiger charge is 1.82. The summed E-state index contributed by atoms with van der Waals surface area (Å²) >= 11 is 0. The maximum atomic E-state index is 3.75. The molecule has 0 aromatic rings. The van der Waals surface area contributed by atoms with E-state index >= 15 is 0 Å². The van der Waals surface area contributed by atoms with Gasteiger partial charge in [0.1, 0.15) is 0 Å². The Labute approximate surface area is 58.0 Å². The molecule has 2 nitrogen and oxygen atoms in total. The van der Waals surface area contributed by atoms with E-state index in [9.17, 15) is 0 Å². The Hall–Kier alpha value is -0.0800. The standard InChI is InChI=1S/C7H17N2/c1-3-4-5-9-7-6-8-2/h8-9H,1,3-7H2,2H3. The van der Waals surface area contributed by atoms with Crippen LogP contribution in [0.2, 0.25) is 0 Å². The first-order chi connectivity index (χ1) is 4.41. The summed E-state index contributed by atoms with van der Waals surface area (Å²) in [6.07, 6.45) is 2.22. The van der Waals surface area contributed by atoms with Crippen LogP contribution in [0, 0.1) is 6.92 Å². The monoisotopic (exact) mass is 129 g/mol. The summed E-state index contributed by atoms with van der Waals surface area (Å²) in [6.45, 7) is 6.97. The van der Waals surface area contributed by atoms with Crippen LogP contribution >= 0.6 is 0 Å². The summed E-state index contributed by atoms with van der Waals surface area (Å²) in [5, 5.41) is 6.35. The molecule has 55 valence electrons. The Morgan fingerprint density at radius 2 is 2.00 bits per heavy atom. The number of likely N-dealkylation sites (N-methyl/N-ethyl adjacent to an activating group) is 1. The van der Waals surface area contributed by atoms with Crippen molar-refractivity contribution in [2.45, 2.75) is 12.8 Å². The molecule has 0 spiro atoms. The SMILES string of the molecule is [CH2]CCCNCCNC. The van der Waals surface area contributed by atoms with Gasteiger partial charge in [-0.2, -0.15) is 0 Å². The van der Waals surface area contributed by atoms with Crippen molar-refractivity contribution in [3.8, 4) is 0 Å². The number of nitrogens with one attached hydrogen (secondary N) is 2. The lowest BCUT2D eigenvalue weighted by Crippen LogP contribution is -2.25. The van der Waals surface area contributed by atoms with Gasteiger partial charge in [0.05, 0.1) is 0 Å². The fourth-order valence-corrected chi connectivity index (χ4v) is 0.588. The molecule has 0 amide bonds. The minimum absolute atomic E-state index is 1.03. The van der Waals surface area contributed by atoms with Crippen molar-refractivity contribution in [1.82, 2.24) is 10.6 Å². The van der Waals surface area contributed by atoms with Crippen LogP contribution in [-0.2, 0) is 0 Å². The fourth-order valence-electron chi connectivity index (χ4n) is 0.588. The number of unbranched alkanes of at least 4 members (excludes halogenated alkanes) is 1. The summed E-state index contributed by atoms with van der Waals surface area (Å²) in [7, 11) is 1.96. The van der Waals surface area contributed by atoms with Crippen molar-refractivity contribution in [1.29, 1.82) is 0 Å². The van der Waals surface area contributed by atoms with E-state index in [1.807, 2.05) is 7.05 Å². The Balaban J connectivity index is 2.60.